The van der Waals surface area contributed by atoms with Crippen molar-refractivity contribution in [2.45, 2.75) is 32.4 Å². The molecule has 4 nitrogen and oxygen atoms in total. The number of esters is 1. The summed E-state index contributed by atoms with van der Waals surface area (Å²) in [7, 11) is 3.10. The highest BCUT2D eigenvalue weighted by Gasteiger charge is 2.07. The van der Waals surface area contributed by atoms with E-state index in [1.54, 1.807) is 19.2 Å². The van der Waals surface area contributed by atoms with Gasteiger partial charge in [0.15, 0.2) is 0 Å². The summed E-state index contributed by atoms with van der Waals surface area (Å²) < 4.78 is 9.85. The van der Waals surface area contributed by atoms with Crippen LogP contribution in [0.2, 0.25) is 0 Å². The van der Waals surface area contributed by atoms with Crippen molar-refractivity contribution in [2.75, 3.05) is 20.8 Å². The normalized spacial score (nSPS) is 12.2. The minimum Gasteiger partial charge on any atom is -0.465 e. The van der Waals surface area contributed by atoms with Gasteiger partial charge in [0.25, 0.3) is 0 Å². The van der Waals surface area contributed by atoms with E-state index in [1.807, 2.05) is 12.1 Å². The minimum absolute atomic E-state index is 0.303. The molecule has 0 aliphatic rings. The van der Waals surface area contributed by atoms with Crippen LogP contribution in [0.4, 0.5) is 0 Å². The Labute approximate surface area is 115 Å². The second-order valence-corrected chi connectivity index (χ2v) is 4.51. The Balaban J connectivity index is 2.50. The van der Waals surface area contributed by atoms with E-state index in [0.717, 1.165) is 24.9 Å². The molecule has 1 aromatic rings. The maximum atomic E-state index is 11.3. The van der Waals surface area contributed by atoms with Gasteiger partial charge in [-0.1, -0.05) is 25.5 Å². The molecule has 0 bridgehead atoms. The van der Waals surface area contributed by atoms with Crippen molar-refractivity contribution >= 4 is 5.97 Å². The van der Waals surface area contributed by atoms with Crippen LogP contribution in [0, 0.1) is 0 Å². The Kier molecular flexibility index (Phi) is 7.15. The Morgan fingerprint density at radius 1 is 1.26 bits per heavy atom. The number of hydrogen-bond donors (Lipinski definition) is 1. The zero-order chi connectivity index (χ0) is 14.1. The van der Waals surface area contributed by atoms with Crippen LogP contribution in [-0.2, 0) is 16.0 Å². The van der Waals surface area contributed by atoms with Crippen LogP contribution < -0.4 is 5.32 Å². The number of rotatable bonds is 8. The Morgan fingerprint density at radius 2 is 1.95 bits per heavy atom. The fourth-order valence-electron chi connectivity index (χ4n) is 1.93. The molecule has 1 unspecified atom stereocenters. The second-order valence-electron chi connectivity index (χ2n) is 4.51. The molecule has 0 saturated heterocycles. The molecule has 0 heterocycles. The highest BCUT2D eigenvalue weighted by atomic mass is 16.5. The molecule has 1 aromatic carbocycles. The number of hydrogen-bond acceptors (Lipinski definition) is 4. The van der Waals surface area contributed by atoms with Crippen LogP contribution >= 0.6 is 0 Å². The van der Waals surface area contributed by atoms with Crippen molar-refractivity contribution < 1.29 is 14.3 Å². The fourth-order valence-corrected chi connectivity index (χ4v) is 1.93. The van der Waals surface area contributed by atoms with E-state index in [-0.39, 0.29) is 5.97 Å². The summed E-state index contributed by atoms with van der Waals surface area (Å²) in [5, 5.41) is 3.46. The number of nitrogens with one attached hydrogen (secondary N) is 1. The number of methoxy groups -OCH3 is 2. The topological polar surface area (TPSA) is 47.6 Å². The smallest absolute Gasteiger partial charge is 0.337 e. The van der Waals surface area contributed by atoms with Gasteiger partial charge in [0, 0.05) is 19.7 Å². The van der Waals surface area contributed by atoms with Crippen molar-refractivity contribution in [3.8, 4) is 0 Å². The van der Waals surface area contributed by atoms with E-state index in [9.17, 15) is 4.79 Å². The van der Waals surface area contributed by atoms with Crippen molar-refractivity contribution in [3.05, 3.63) is 35.4 Å². The molecule has 0 amide bonds. The van der Waals surface area contributed by atoms with Gasteiger partial charge < -0.3 is 14.8 Å². The molecule has 106 valence electrons. The molecule has 0 aliphatic heterocycles. The first-order chi connectivity index (χ1) is 9.21. The predicted molar refractivity (Wildman–Crippen MR) is 75.2 cm³/mol. The first kappa shape index (κ1) is 15.7. The Bertz CT molecular complexity index is 369. The van der Waals surface area contributed by atoms with Gasteiger partial charge in [0.1, 0.15) is 0 Å². The van der Waals surface area contributed by atoms with Crippen molar-refractivity contribution in [1.82, 2.24) is 5.32 Å². The summed E-state index contributed by atoms with van der Waals surface area (Å²) in [6.45, 7) is 3.65. The van der Waals surface area contributed by atoms with Gasteiger partial charge in [-0.15, -0.1) is 0 Å². The predicted octanol–water partition coefficient (Wildman–Crippen LogP) is 2.38. The molecular weight excluding hydrogens is 242 g/mol. The highest BCUT2D eigenvalue weighted by Crippen LogP contribution is 2.07. The summed E-state index contributed by atoms with van der Waals surface area (Å²) >= 11 is 0. The van der Waals surface area contributed by atoms with E-state index in [0.29, 0.717) is 18.2 Å². The molecule has 0 aromatic heterocycles. The van der Waals surface area contributed by atoms with Crippen LogP contribution in [0.3, 0.4) is 0 Å². The lowest BCUT2D eigenvalue weighted by atomic mass is 10.1. The first-order valence-electron chi connectivity index (χ1n) is 6.60. The van der Waals surface area contributed by atoms with Crippen LogP contribution in [0.1, 0.15) is 35.7 Å². The molecule has 4 heteroatoms. The van der Waals surface area contributed by atoms with E-state index < -0.39 is 0 Å². The molecule has 0 fully saturated rings. The number of carbonyl (C=O) groups excluding carboxylic acids is 1. The molecule has 1 rings (SSSR count). The quantitative estimate of drug-likeness (QED) is 0.733. The number of benzene rings is 1. The molecule has 1 atom stereocenters. The third kappa shape index (κ3) is 5.41. The zero-order valence-electron chi connectivity index (χ0n) is 11.9. The summed E-state index contributed by atoms with van der Waals surface area (Å²) in [6, 6.07) is 7.82. The lowest BCUT2D eigenvalue weighted by molar-refractivity contribution is 0.0600. The van der Waals surface area contributed by atoms with Gasteiger partial charge in [-0.05, 0) is 24.1 Å². The monoisotopic (exact) mass is 265 g/mol. The van der Waals surface area contributed by atoms with E-state index in [2.05, 4.69) is 17.0 Å². The van der Waals surface area contributed by atoms with Crippen LogP contribution in [0.15, 0.2) is 24.3 Å². The third-order valence-corrected chi connectivity index (χ3v) is 2.97. The molecule has 0 spiro atoms. The van der Waals surface area contributed by atoms with E-state index in [1.165, 1.54) is 7.11 Å². The average Bonchev–Trinajstić information content (AvgIpc) is 2.45. The largest absolute Gasteiger partial charge is 0.465 e. The van der Waals surface area contributed by atoms with Gasteiger partial charge in [0.2, 0.25) is 0 Å². The zero-order valence-corrected chi connectivity index (χ0v) is 11.9. The average molecular weight is 265 g/mol. The van der Waals surface area contributed by atoms with Crippen molar-refractivity contribution in [1.29, 1.82) is 0 Å². The first-order valence-corrected chi connectivity index (χ1v) is 6.60. The van der Waals surface area contributed by atoms with Gasteiger partial charge in [-0.3, -0.25) is 0 Å². The van der Waals surface area contributed by atoms with E-state index >= 15 is 0 Å². The Morgan fingerprint density at radius 3 is 2.47 bits per heavy atom. The van der Waals surface area contributed by atoms with E-state index in [4.69, 9.17) is 4.74 Å². The summed E-state index contributed by atoms with van der Waals surface area (Å²) in [6.07, 6.45) is 2.22. The third-order valence-electron chi connectivity index (χ3n) is 2.97. The number of ether oxygens (including phenoxy) is 2. The van der Waals surface area contributed by atoms with Crippen LogP contribution in [-0.4, -0.2) is 32.8 Å². The number of carbonyl (C=O) groups is 1. The lowest BCUT2D eigenvalue weighted by Gasteiger charge is -2.17. The summed E-state index contributed by atoms with van der Waals surface area (Å²) in [4.78, 5) is 11.3. The van der Waals surface area contributed by atoms with Gasteiger partial charge in [-0.2, -0.15) is 0 Å². The molecule has 0 aliphatic carbocycles. The molecule has 0 radical (unpaired) electrons. The van der Waals surface area contributed by atoms with Crippen LogP contribution in [0.25, 0.3) is 0 Å². The van der Waals surface area contributed by atoms with Crippen molar-refractivity contribution in [2.24, 2.45) is 0 Å². The standard InChI is InChI=1S/C15H23NO3/c1-4-5-14(11-18-2)16-10-12-6-8-13(9-7-12)15(17)19-3/h6-9,14,16H,4-5,10-11H2,1-3H3. The molecular formula is C15H23NO3. The van der Waals surface area contributed by atoms with Crippen molar-refractivity contribution in [3.63, 3.8) is 0 Å². The Hall–Kier alpha value is -1.39. The molecule has 0 saturated carbocycles. The highest BCUT2D eigenvalue weighted by molar-refractivity contribution is 5.89. The minimum atomic E-state index is -0.303. The SMILES string of the molecule is CCCC(COC)NCc1ccc(C(=O)OC)cc1. The maximum absolute atomic E-state index is 11.3. The van der Waals surface area contributed by atoms with Gasteiger partial charge >= 0.3 is 5.97 Å². The lowest BCUT2D eigenvalue weighted by Crippen LogP contribution is -2.32. The fraction of sp³-hybridized carbons (Fsp3) is 0.533. The van der Waals surface area contributed by atoms with Gasteiger partial charge in [-0.25, -0.2) is 4.79 Å². The molecule has 1 N–H and O–H groups in total. The molecule has 19 heavy (non-hydrogen) atoms. The second kappa shape index (κ2) is 8.67. The summed E-state index contributed by atoms with van der Waals surface area (Å²) in [5.74, 6) is -0.303. The maximum Gasteiger partial charge on any atom is 0.337 e. The van der Waals surface area contributed by atoms with Gasteiger partial charge in [0.05, 0.1) is 19.3 Å². The van der Waals surface area contributed by atoms with Crippen LogP contribution in [0.5, 0.6) is 0 Å². The summed E-state index contributed by atoms with van der Waals surface area (Å²) in [5.41, 5.74) is 1.72.